The summed E-state index contributed by atoms with van der Waals surface area (Å²) in [5.74, 6) is -0.159. The first-order valence-corrected chi connectivity index (χ1v) is 7.74. The Hall–Kier alpha value is -1.46. The number of aromatic nitrogens is 1. The molecule has 0 aliphatic carbocycles. The van der Waals surface area contributed by atoms with Gasteiger partial charge in [0.15, 0.2) is 0 Å². The number of rotatable bonds is 4. The van der Waals surface area contributed by atoms with Crippen molar-refractivity contribution in [3.05, 3.63) is 45.7 Å². The summed E-state index contributed by atoms with van der Waals surface area (Å²) in [4.78, 5) is 14.4. The first-order valence-electron chi connectivity index (χ1n) is 6.57. The Morgan fingerprint density at radius 3 is 2.76 bits per heavy atom. The fourth-order valence-corrected chi connectivity index (χ4v) is 2.99. The summed E-state index contributed by atoms with van der Waals surface area (Å²) in [6.45, 7) is 2.72. The number of nitrogens with one attached hydrogen (secondary N) is 1. The number of hydrogen-bond acceptors (Lipinski definition) is 2. The van der Waals surface area contributed by atoms with E-state index < -0.39 is 0 Å². The monoisotopic (exact) mass is 369 g/mol. The highest BCUT2D eigenvalue weighted by atomic mass is 79.9. The van der Waals surface area contributed by atoms with Crippen LogP contribution in [0, 0.1) is 0 Å². The second-order valence-electron chi connectivity index (χ2n) is 4.81. The molecule has 1 N–H and O–H groups in total. The number of anilines is 2. The highest BCUT2D eigenvalue weighted by Crippen LogP contribution is 2.32. The highest BCUT2D eigenvalue weighted by Gasteiger charge is 2.16. The maximum Gasteiger partial charge on any atom is 0.272 e. The third kappa shape index (κ3) is 3.41. The highest BCUT2D eigenvalue weighted by molar-refractivity contribution is 9.10. The van der Waals surface area contributed by atoms with E-state index >= 15 is 0 Å². The lowest BCUT2D eigenvalue weighted by atomic mass is 10.2. The van der Waals surface area contributed by atoms with Gasteiger partial charge >= 0.3 is 0 Å². The molecule has 0 aliphatic heterocycles. The predicted molar refractivity (Wildman–Crippen MR) is 91.5 cm³/mol. The summed E-state index contributed by atoms with van der Waals surface area (Å²) in [5.41, 5.74) is 2.09. The van der Waals surface area contributed by atoms with Gasteiger partial charge in [0, 0.05) is 31.3 Å². The number of aryl methyl sites for hydroxylation is 1. The number of benzene rings is 1. The van der Waals surface area contributed by atoms with Crippen molar-refractivity contribution in [3.8, 4) is 0 Å². The van der Waals surface area contributed by atoms with Crippen molar-refractivity contribution in [1.29, 1.82) is 0 Å². The number of amides is 1. The molecule has 0 saturated carbocycles. The minimum Gasteiger partial charge on any atom is -0.375 e. The number of hydrogen-bond donors (Lipinski definition) is 1. The molecule has 0 spiro atoms. The van der Waals surface area contributed by atoms with E-state index in [9.17, 15) is 4.79 Å². The standard InChI is InChI=1S/C15H17BrClN3O/c1-4-20-9-10(16)8-13(20)15(21)18-12-7-5-6-11(17)14(12)19(2)3/h5-9H,4H2,1-3H3,(H,18,21). The van der Waals surface area contributed by atoms with E-state index in [1.807, 2.05) is 48.8 Å². The smallest absolute Gasteiger partial charge is 0.272 e. The van der Waals surface area contributed by atoms with Gasteiger partial charge in [0.05, 0.1) is 16.4 Å². The van der Waals surface area contributed by atoms with Gasteiger partial charge in [-0.1, -0.05) is 17.7 Å². The number of carbonyl (C=O) groups excluding carboxylic acids is 1. The number of halogens is 2. The van der Waals surface area contributed by atoms with Gasteiger partial charge in [0.1, 0.15) is 5.69 Å². The van der Waals surface area contributed by atoms with E-state index in [0.29, 0.717) is 16.4 Å². The molecule has 2 rings (SSSR count). The molecule has 6 heteroatoms. The minimum atomic E-state index is -0.159. The Balaban J connectivity index is 2.34. The van der Waals surface area contributed by atoms with Crippen LogP contribution < -0.4 is 10.2 Å². The Labute approximate surface area is 137 Å². The number of para-hydroxylation sites is 1. The molecule has 0 fully saturated rings. The molecular formula is C15H17BrClN3O. The number of carbonyl (C=O) groups is 1. The van der Waals surface area contributed by atoms with Crippen molar-refractivity contribution in [1.82, 2.24) is 4.57 Å². The topological polar surface area (TPSA) is 37.3 Å². The van der Waals surface area contributed by atoms with Crippen LogP contribution in [0.25, 0.3) is 0 Å². The average Bonchev–Trinajstić information content (AvgIpc) is 2.79. The fourth-order valence-electron chi connectivity index (χ4n) is 2.18. The van der Waals surface area contributed by atoms with Crippen LogP contribution in [0.15, 0.2) is 34.9 Å². The maximum absolute atomic E-state index is 12.5. The molecule has 2 aromatic rings. The van der Waals surface area contributed by atoms with Crippen molar-refractivity contribution in [2.75, 3.05) is 24.3 Å². The molecule has 4 nitrogen and oxygen atoms in total. The molecule has 0 aliphatic rings. The molecule has 0 saturated heterocycles. The van der Waals surface area contributed by atoms with E-state index in [-0.39, 0.29) is 5.91 Å². The van der Waals surface area contributed by atoms with Gasteiger partial charge in [-0.05, 0) is 41.1 Å². The predicted octanol–water partition coefficient (Wildman–Crippen LogP) is 4.24. The average molecular weight is 371 g/mol. The van der Waals surface area contributed by atoms with Crippen LogP contribution in [0.5, 0.6) is 0 Å². The van der Waals surface area contributed by atoms with Crippen LogP contribution in [0.1, 0.15) is 17.4 Å². The number of nitrogens with zero attached hydrogens (tertiary/aromatic N) is 2. The van der Waals surface area contributed by atoms with Crippen LogP contribution >= 0.6 is 27.5 Å². The lowest BCUT2D eigenvalue weighted by Gasteiger charge is -2.19. The van der Waals surface area contributed by atoms with Crippen molar-refractivity contribution in [2.24, 2.45) is 0 Å². The Kier molecular flexibility index (Phi) is 4.96. The summed E-state index contributed by atoms with van der Waals surface area (Å²) >= 11 is 9.61. The van der Waals surface area contributed by atoms with Crippen molar-refractivity contribution < 1.29 is 4.79 Å². The van der Waals surface area contributed by atoms with Crippen molar-refractivity contribution in [3.63, 3.8) is 0 Å². The van der Waals surface area contributed by atoms with Gasteiger partial charge < -0.3 is 14.8 Å². The van der Waals surface area contributed by atoms with Crippen LogP contribution in [0.4, 0.5) is 11.4 Å². The molecule has 21 heavy (non-hydrogen) atoms. The van der Waals surface area contributed by atoms with Crippen LogP contribution in [-0.2, 0) is 6.54 Å². The van der Waals surface area contributed by atoms with Gasteiger partial charge in [0.25, 0.3) is 5.91 Å². The molecule has 1 amide bonds. The van der Waals surface area contributed by atoms with Gasteiger partial charge in [-0.3, -0.25) is 4.79 Å². The summed E-state index contributed by atoms with van der Waals surface area (Å²) < 4.78 is 2.77. The molecule has 1 aromatic carbocycles. The minimum absolute atomic E-state index is 0.159. The molecule has 112 valence electrons. The Morgan fingerprint density at radius 2 is 2.14 bits per heavy atom. The summed E-state index contributed by atoms with van der Waals surface area (Å²) in [7, 11) is 3.78. The Morgan fingerprint density at radius 1 is 1.43 bits per heavy atom. The van der Waals surface area contributed by atoms with E-state index in [1.165, 1.54) is 0 Å². The normalized spacial score (nSPS) is 10.5. The molecule has 1 heterocycles. The fraction of sp³-hybridized carbons (Fsp3) is 0.267. The third-order valence-corrected chi connectivity index (χ3v) is 3.86. The molecule has 0 unspecified atom stereocenters. The summed E-state index contributed by atoms with van der Waals surface area (Å²) in [6, 6.07) is 7.27. The third-order valence-electron chi connectivity index (χ3n) is 3.12. The van der Waals surface area contributed by atoms with Crippen molar-refractivity contribution >= 4 is 44.8 Å². The van der Waals surface area contributed by atoms with Gasteiger partial charge in [-0.2, -0.15) is 0 Å². The van der Waals surface area contributed by atoms with Gasteiger partial charge in [0.2, 0.25) is 0 Å². The molecule has 0 bridgehead atoms. The lowest BCUT2D eigenvalue weighted by Crippen LogP contribution is -2.19. The van der Waals surface area contributed by atoms with Crippen LogP contribution in [-0.4, -0.2) is 24.6 Å². The molecule has 1 aromatic heterocycles. The second-order valence-corrected chi connectivity index (χ2v) is 6.14. The van der Waals surface area contributed by atoms with E-state index in [1.54, 1.807) is 12.1 Å². The molecular weight excluding hydrogens is 354 g/mol. The first-order chi connectivity index (χ1) is 9.93. The van der Waals surface area contributed by atoms with E-state index in [4.69, 9.17) is 11.6 Å². The molecule has 0 atom stereocenters. The Bertz CT molecular complexity index is 667. The maximum atomic E-state index is 12.5. The lowest BCUT2D eigenvalue weighted by molar-refractivity contribution is 0.101. The second kappa shape index (κ2) is 6.54. The zero-order valence-corrected chi connectivity index (χ0v) is 14.5. The zero-order valence-electron chi connectivity index (χ0n) is 12.2. The largest absolute Gasteiger partial charge is 0.375 e. The molecule has 0 radical (unpaired) electrons. The van der Waals surface area contributed by atoms with Crippen LogP contribution in [0.2, 0.25) is 5.02 Å². The van der Waals surface area contributed by atoms with Crippen LogP contribution in [0.3, 0.4) is 0 Å². The summed E-state index contributed by atoms with van der Waals surface area (Å²) in [6.07, 6.45) is 1.89. The van der Waals surface area contributed by atoms with E-state index in [2.05, 4.69) is 21.2 Å². The SMILES string of the molecule is CCn1cc(Br)cc1C(=O)Nc1cccc(Cl)c1N(C)C. The zero-order chi connectivity index (χ0) is 15.6. The van der Waals surface area contributed by atoms with E-state index in [0.717, 1.165) is 16.7 Å². The summed E-state index contributed by atoms with van der Waals surface area (Å²) in [5, 5.41) is 3.53. The van der Waals surface area contributed by atoms with Gasteiger partial charge in [-0.15, -0.1) is 0 Å². The quantitative estimate of drug-likeness (QED) is 0.874. The van der Waals surface area contributed by atoms with Gasteiger partial charge in [-0.25, -0.2) is 0 Å². The first kappa shape index (κ1) is 15.9. The van der Waals surface area contributed by atoms with Crippen molar-refractivity contribution in [2.45, 2.75) is 13.5 Å².